The third-order valence-electron chi connectivity index (χ3n) is 3.85. The van der Waals surface area contributed by atoms with Crippen molar-refractivity contribution in [2.24, 2.45) is 0 Å². The first kappa shape index (κ1) is 15.3. The van der Waals surface area contributed by atoms with E-state index >= 15 is 0 Å². The summed E-state index contributed by atoms with van der Waals surface area (Å²) in [6.45, 7) is 2.16. The zero-order chi connectivity index (χ0) is 14.6. The van der Waals surface area contributed by atoms with E-state index in [4.69, 9.17) is 16.3 Å². The van der Waals surface area contributed by atoms with E-state index in [2.05, 4.69) is 5.32 Å². The molecule has 1 aromatic rings. The minimum atomic E-state index is -0.682. The molecule has 0 spiro atoms. The molecule has 1 amide bonds. The first-order valence-electron chi connectivity index (χ1n) is 6.83. The van der Waals surface area contributed by atoms with E-state index in [9.17, 15) is 4.79 Å². The van der Waals surface area contributed by atoms with Crippen LogP contribution in [0.2, 0.25) is 5.02 Å². The molecule has 0 radical (unpaired) electrons. The Morgan fingerprint density at radius 1 is 1.45 bits per heavy atom. The van der Waals surface area contributed by atoms with Gasteiger partial charge in [-0.2, -0.15) is 0 Å². The zero-order valence-electron chi connectivity index (χ0n) is 12.0. The van der Waals surface area contributed by atoms with Gasteiger partial charge in [-0.3, -0.25) is 4.79 Å². The maximum absolute atomic E-state index is 12.7. The van der Waals surface area contributed by atoms with E-state index in [1.54, 1.807) is 12.0 Å². The lowest BCUT2D eigenvalue weighted by Gasteiger charge is -2.37. The second-order valence-corrected chi connectivity index (χ2v) is 5.68. The van der Waals surface area contributed by atoms with Gasteiger partial charge in [0.1, 0.15) is 5.60 Å². The van der Waals surface area contributed by atoms with Crippen LogP contribution in [-0.4, -0.2) is 43.7 Å². The van der Waals surface area contributed by atoms with Crippen LogP contribution in [0.5, 0.6) is 0 Å². The molecule has 0 atom stereocenters. The van der Waals surface area contributed by atoms with Gasteiger partial charge in [0.15, 0.2) is 0 Å². The molecule has 20 heavy (non-hydrogen) atoms. The van der Waals surface area contributed by atoms with Gasteiger partial charge >= 0.3 is 0 Å². The summed E-state index contributed by atoms with van der Waals surface area (Å²) in [5.41, 5.74) is 0.340. The van der Waals surface area contributed by atoms with Gasteiger partial charge in [0.2, 0.25) is 0 Å². The summed E-state index contributed by atoms with van der Waals surface area (Å²) in [6, 6.07) is 7.58. The fourth-order valence-corrected chi connectivity index (χ4v) is 2.88. The molecule has 0 unspecified atom stereocenters. The molecule has 1 N–H and O–H groups in total. The maximum atomic E-state index is 12.7. The lowest BCUT2D eigenvalue weighted by molar-refractivity contribution is -0.157. The third-order valence-corrected chi connectivity index (χ3v) is 4.08. The Balaban J connectivity index is 2.07. The number of rotatable bonds is 4. The Hall–Kier alpha value is -1.10. The number of carbonyl (C=O) groups is 1. The second kappa shape index (κ2) is 6.57. The molecule has 4 nitrogen and oxygen atoms in total. The van der Waals surface area contributed by atoms with Crippen molar-refractivity contribution >= 4 is 17.5 Å². The molecule has 1 fully saturated rings. The number of hydrogen-bond acceptors (Lipinski definition) is 3. The Kier molecular flexibility index (Phi) is 5.02. The lowest BCUT2D eigenvalue weighted by Crippen LogP contribution is -2.54. The van der Waals surface area contributed by atoms with Gasteiger partial charge in [-0.15, -0.1) is 0 Å². The molecular weight excluding hydrogens is 276 g/mol. The van der Waals surface area contributed by atoms with Crippen molar-refractivity contribution < 1.29 is 9.53 Å². The predicted molar refractivity (Wildman–Crippen MR) is 79.8 cm³/mol. The van der Waals surface area contributed by atoms with E-state index in [-0.39, 0.29) is 5.91 Å². The van der Waals surface area contributed by atoms with Crippen LogP contribution in [0.25, 0.3) is 0 Å². The molecule has 1 aromatic carbocycles. The summed E-state index contributed by atoms with van der Waals surface area (Å²) in [7, 11) is 3.43. The van der Waals surface area contributed by atoms with Crippen LogP contribution in [0.3, 0.4) is 0 Å². The molecule has 1 saturated heterocycles. The Labute approximate surface area is 125 Å². The molecule has 0 bridgehead atoms. The fraction of sp³-hybridized carbons (Fsp3) is 0.533. The number of methoxy groups -OCH3 is 1. The number of amides is 1. The summed E-state index contributed by atoms with van der Waals surface area (Å²) in [5.74, 6) is 0.0430. The highest BCUT2D eigenvalue weighted by atomic mass is 35.5. The number of piperidine rings is 1. The molecule has 0 saturated carbocycles. The highest BCUT2D eigenvalue weighted by molar-refractivity contribution is 6.30. The van der Waals surface area contributed by atoms with E-state index in [0.717, 1.165) is 18.7 Å². The smallest absolute Gasteiger partial charge is 0.254 e. The van der Waals surface area contributed by atoms with Gasteiger partial charge < -0.3 is 15.0 Å². The van der Waals surface area contributed by atoms with E-state index < -0.39 is 5.60 Å². The van der Waals surface area contributed by atoms with Crippen molar-refractivity contribution in [1.29, 1.82) is 0 Å². The van der Waals surface area contributed by atoms with Crippen molar-refractivity contribution in [2.45, 2.75) is 25.0 Å². The molecular formula is C15H21ClN2O2. The summed E-state index contributed by atoms with van der Waals surface area (Å²) >= 11 is 5.97. The highest BCUT2D eigenvalue weighted by Crippen LogP contribution is 2.25. The SMILES string of the molecule is COC1(C(=O)N(C)Cc2cccc(Cl)c2)CCNCC1. The number of hydrogen-bond donors (Lipinski definition) is 1. The molecule has 110 valence electrons. The third kappa shape index (κ3) is 3.32. The number of ether oxygens (including phenoxy) is 1. The van der Waals surface area contributed by atoms with Gasteiger partial charge in [0, 0.05) is 25.7 Å². The van der Waals surface area contributed by atoms with Crippen molar-refractivity contribution in [3.63, 3.8) is 0 Å². The Morgan fingerprint density at radius 2 is 2.15 bits per heavy atom. The van der Waals surface area contributed by atoms with Crippen LogP contribution in [0, 0.1) is 0 Å². The molecule has 0 aliphatic carbocycles. The summed E-state index contributed by atoms with van der Waals surface area (Å²) in [5, 5.41) is 3.94. The van der Waals surface area contributed by atoms with E-state index in [0.29, 0.717) is 24.4 Å². The molecule has 1 aliphatic rings. The van der Waals surface area contributed by atoms with Gasteiger partial charge in [0.25, 0.3) is 5.91 Å². The van der Waals surface area contributed by atoms with Gasteiger partial charge in [0.05, 0.1) is 0 Å². The number of nitrogens with one attached hydrogen (secondary N) is 1. The zero-order valence-corrected chi connectivity index (χ0v) is 12.7. The Morgan fingerprint density at radius 3 is 2.75 bits per heavy atom. The number of nitrogens with zero attached hydrogens (tertiary/aromatic N) is 1. The standard InChI is InChI=1S/C15H21ClN2O2/c1-18(11-12-4-3-5-13(16)10-12)14(19)15(20-2)6-8-17-9-7-15/h3-5,10,17H,6-9,11H2,1-2H3. The minimum absolute atomic E-state index is 0.0430. The van der Waals surface area contributed by atoms with Crippen molar-refractivity contribution in [1.82, 2.24) is 10.2 Å². The van der Waals surface area contributed by atoms with Gasteiger partial charge in [-0.05, 0) is 43.6 Å². The molecule has 5 heteroatoms. The van der Waals surface area contributed by atoms with Crippen molar-refractivity contribution in [3.05, 3.63) is 34.9 Å². The average molecular weight is 297 g/mol. The van der Waals surface area contributed by atoms with E-state index in [1.165, 1.54) is 0 Å². The summed E-state index contributed by atoms with van der Waals surface area (Å²) < 4.78 is 5.57. The first-order chi connectivity index (χ1) is 9.57. The molecule has 1 heterocycles. The molecule has 1 aliphatic heterocycles. The maximum Gasteiger partial charge on any atom is 0.254 e. The quantitative estimate of drug-likeness (QED) is 0.925. The van der Waals surface area contributed by atoms with Crippen LogP contribution >= 0.6 is 11.6 Å². The fourth-order valence-electron chi connectivity index (χ4n) is 2.66. The normalized spacial score (nSPS) is 17.8. The number of likely N-dealkylation sites (N-methyl/N-ethyl adjacent to an activating group) is 1. The van der Waals surface area contributed by atoms with Crippen LogP contribution < -0.4 is 5.32 Å². The lowest BCUT2D eigenvalue weighted by atomic mass is 9.90. The number of benzene rings is 1. The van der Waals surface area contributed by atoms with Crippen LogP contribution in [0.4, 0.5) is 0 Å². The highest BCUT2D eigenvalue weighted by Gasteiger charge is 2.41. The topological polar surface area (TPSA) is 41.6 Å². The van der Waals surface area contributed by atoms with Crippen LogP contribution in [-0.2, 0) is 16.1 Å². The number of halogens is 1. The van der Waals surface area contributed by atoms with Crippen LogP contribution in [0.15, 0.2) is 24.3 Å². The minimum Gasteiger partial charge on any atom is -0.368 e. The Bertz CT molecular complexity index is 473. The van der Waals surface area contributed by atoms with Gasteiger partial charge in [-0.25, -0.2) is 0 Å². The van der Waals surface area contributed by atoms with Crippen molar-refractivity contribution in [3.8, 4) is 0 Å². The summed E-state index contributed by atoms with van der Waals surface area (Å²) in [6.07, 6.45) is 1.42. The van der Waals surface area contributed by atoms with E-state index in [1.807, 2.05) is 31.3 Å². The molecule has 2 rings (SSSR count). The average Bonchev–Trinajstić information content (AvgIpc) is 2.47. The second-order valence-electron chi connectivity index (χ2n) is 5.24. The number of carbonyl (C=O) groups excluding carboxylic acids is 1. The predicted octanol–water partition coefficient (Wildman–Crippen LogP) is 2.07. The first-order valence-corrected chi connectivity index (χ1v) is 7.21. The largest absolute Gasteiger partial charge is 0.368 e. The molecule has 0 aromatic heterocycles. The van der Waals surface area contributed by atoms with Crippen LogP contribution in [0.1, 0.15) is 18.4 Å². The summed E-state index contributed by atoms with van der Waals surface area (Å²) in [4.78, 5) is 14.4. The van der Waals surface area contributed by atoms with Gasteiger partial charge in [-0.1, -0.05) is 23.7 Å². The monoisotopic (exact) mass is 296 g/mol. The van der Waals surface area contributed by atoms with Crippen molar-refractivity contribution in [2.75, 3.05) is 27.2 Å².